The van der Waals surface area contributed by atoms with Crippen molar-refractivity contribution in [1.29, 1.82) is 0 Å². The predicted octanol–water partition coefficient (Wildman–Crippen LogP) is -5.00. The van der Waals surface area contributed by atoms with Crippen molar-refractivity contribution in [2.45, 2.75) is 147 Å². The predicted molar refractivity (Wildman–Crippen MR) is 231 cm³/mol. The van der Waals surface area contributed by atoms with Crippen molar-refractivity contribution in [2.75, 3.05) is 13.1 Å². The van der Waals surface area contributed by atoms with Gasteiger partial charge in [0.2, 0.25) is 53.2 Å². The average molecular weight is 926 g/mol. The van der Waals surface area contributed by atoms with E-state index in [2.05, 4.69) is 47.5 Å². The number of amides is 9. The fourth-order valence-electron chi connectivity index (χ4n) is 6.40. The maximum Gasteiger partial charge on any atom is 0.305 e. The van der Waals surface area contributed by atoms with E-state index in [4.69, 9.17) is 22.9 Å². The van der Waals surface area contributed by atoms with Crippen LogP contribution in [0.1, 0.15) is 98.8 Å². The highest BCUT2D eigenvalue weighted by Gasteiger charge is 2.37. The summed E-state index contributed by atoms with van der Waals surface area (Å²) in [5, 5.41) is 38.4. The van der Waals surface area contributed by atoms with Gasteiger partial charge in [0.15, 0.2) is 5.96 Å². The normalized spacial score (nSPS) is 25.2. The fraction of sp³-hybridized carbons (Fsp3) is 0.692. The third-order valence-electron chi connectivity index (χ3n) is 10.1. The first-order chi connectivity index (χ1) is 30.4. The lowest BCUT2D eigenvalue weighted by atomic mass is 9.96. The molecule has 0 aromatic carbocycles. The molecule has 0 aromatic rings. The summed E-state index contributed by atoms with van der Waals surface area (Å²) in [5.74, 6) is -14.0. The molecule has 0 spiro atoms. The fourth-order valence-corrected chi connectivity index (χ4v) is 6.40. The third-order valence-corrected chi connectivity index (χ3v) is 10.1. The van der Waals surface area contributed by atoms with Gasteiger partial charge in [-0.05, 0) is 63.8 Å². The molecular weight excluding hydrogens is 859 g/mol. The largest absolute Gasteiger partial charge is 0.481 e. The Morgan fingerprint density at radius 2 is 0.985 bits per heavy atom. The van der Waals surface area contributed by atoms with E-state index in [1.54, 1.807) is 27.7 Å². The van der Waals surface area contributed by atoms with Crippen LogP contribution in [-0.4, -0.2) is 143 Å². The van der Waals surface area contributed by atoms with Gasteiger partial charge in [0.05, 0.1) is 19.3 Å². The first-order valence-electron chi connectivity index (χ1n) is 21.3. The molecule has 1 saturated heterocycles. The summed E-state index contributed by atoms with van der Waals surface area (Å²) in [5.41, 5.74) is 21.9. The molecule has 1 rings (SSSR count). The molecule has 0 unspecified atom stereocenters. The number of carboxylic acids is 2. The summed E-state index contributed by atoms with van der Waals surface area (Å²) < 4.78 is 0. The maximum atomic E-state index is 14.0. The lowest BCUT2D eigenvalue weighted by Gasteiger charge is -2.30. The number of carboxylic acid groups (broad SMARTS) is 2. The molecule has 9 amide bonds. The van der Waals surface area contributed by atoms with E-state index >= 15 is 0 Å². The van der Waals surface area contributed by atoms with Crippen LogP contribution < -0.4 is 65.5 Å². The van der Waals surface area contributed by atoms with Crippen molar-refractivity contribution >= 4 is 71.1 Å². The Bertz CT molecular complexity index is 1760. The first kappa shape index (κ1) is 56.4. The Kier molecular flexibility index (Phi) is 24.5. The Morgan fingerprint density at radius 3 is 1.46 bits per heavy atom. The zero-order chi connectivity index (χ0) is 49.6. The molecule has 0 aromatic heterocycles. The van der Waals surface area contributed by atoms with Crippen LogP contribution in [-0.2, 0) is 52.7 Å². The molecule has 1 aliphatic rings. The summed E-state index contributed by atoms with van der Waals surface area (Å²) in [7, 11) is 0. The molecule has 366 valence electrons. The topological polar surface area (TPSA) is 441 Å². The first-order valence-corrected chi connectivity index (χ1v) is 21.3. The third kappa shape index (κ3) is 21.1. The van der Waals surface area contributed by atoms with Crippen molar-refractivity contribution in [1.82, 2.24) is 42.5 Å². The number of aliphatic imine (C=N–C) groups is 1. The number of unbranched alkanes of at least 4 members (excludes halogenated alkanes) is 1. The van der Waals surface area contributed by atoms with Crippen molar-refractivity contribution in [3.8, 4) is 0 Å². The SMILES string of the molecule is CC[C@H](C)[C@@H]1NC(=O)[C@H](CCCCN)NC(=O)[C@H](CCCN=C(N)N)NC(=O)[C@H](C)NC(=O)[C@H](CC(=O)O)NC(=O)[C@H](CC(C)C)NC(=O)[C@H](CC(N)=O)NC(=O)[C@H](CC(=O)O)NC1=O. The van der Waals surface area contributed by atoms with Gasteiger partial charge in [0.25, 0.3) is 0 Å². The zero-order valence-corrected chi connectivity index (χ0v) is 37.4. The quantitative estimate of drug-likeness (QED) is 0.0348. The second-order valence-corrected chi connectivity index (χ2v) is 16.2. The van der Waals surface area contributed by atoms with Crippen LogP contribution in [0, 0.1) is 11.8 Å². The molecule has 1 aliphatic heterocycles. The number of hydrogen-bond donors (Lipinski definition) is 14. The minimum atomic E-state index is -1.92. The van der Waals surface area contributed by atoms with Gasteiger partial charge in [-0.25, -0.2) is 0 Å². The van der Waals surface area contributed by atoms with Crippen molar-refractivity contribution in [3.05, 3.63) is 0 Å². The average Bonchev–Trinajstić information content (AvgIpc) is 3.20. The molecule has 0 radical (unpaired) electrons. The molecule has 65 heavy (non-hydrogen) atoms. The van der Waals surface area contributed by atoms with Crippen molar-refractivity contribution < 1.29 is 63.0 Å². The molecule has 9 atom stereocenters. The van der Waals surface area contributed by atoms with Gasteiger partial charge in [0, 0.05) is 6.54 Å². The molecule has 0 saturated carbocycles. The van der Waals surface area contributed by atoms with Gasteiger partial charge in [-0.1, -0.05) is 34.1 Å². The van der Waals surface area contributed by atoms with Crippen LogP contribution in [0.2, 0.25) is 0 Å². The van der Waals surface area contributed by atoms with Crippen molar-refractivity contribution in [3.63, 3.8) is 0 Å². The number of rotatable bonds is 18. The zero-order valence-electron chi connectivity index (χ0n) is 37.4. The standard InChI is InChI=1S/C39H67N13O13/c1-6-19(4)30-38(65)51-26(17-29(56)57)37(64)49-24(15-27(41)53)36(63)48-23(14-18(2)3)35(62)50-25(16-28(54)55)34(61)45-20(5)31(58)46-22(11-9-13-44-39(42)43)32(59)47-21(33(60)52-30)10-7-8-12-40/h18-26,30H,6-17,40H2,1-5H3,(H2,41,53)(H,45,61)(H,46,58)(H,47,59)(H,48,63)(H,49,64)(H,50,62)(H,51,65)(H,52,60)(H,54,55)(H,56,57)(H4,42,43,44)/t19-,20-,21-,22-,23-,24-,25-,26-,30-/m0/s1. The van der Waals surface area contributed by atoms with E-state index < -0.39 is 139 Å². The van der Waals surface area contributed by atoms with Gasteiger partial charge in [-0.2, -0.15) is 0 Å². The van der Waals surface area contributed by atoms with E-state index in [-0.39, 0.29) is 57.1 Å². The van der Waals surface area contributed by atoms with E-state index in [9.17, 15) is 63.0 Å². The summed E-state index contributed by atoms with van der Waals surface area (Å²) in [6.07, 6.45) is -2.13. The number of nitrogens with two attached hydrogens (primary N) is 4. The monoisotopic (exact) mass is 925 g/mol. The van der Waals surface area contributed by atoms with Crippen LogP contribution in [0.4, 0.5) is 0 Å². The number of carbonyl (C=O) groups excluding carboxylic acids is 9. The smallest absolute Gasteiger partial charge is 0.305 e. The molecule has 0 bridgehead atoms. The minimum absolute atomic E-state index is 0.0158. The molecule has 26 heteroatoms. The van der Waals surface area contributed by atoms with Crippen LogP contribution >= 0.6 is 0 Å². The Balaban J connectivity index is 3.99. The number of nitrogens with zero attached hydrogens (tertiary/aromatic N) is 1. The highest BCUT2D eigenvalue weighted by molar-refractivity contribution is 6.00. The number of primary amides is 1. The number of guanidine groups is 1. The lowest BCUT2D eigenvalue weighted by molar-refractivity contribution is -0.142. The maximum absolute atomic E-state index is 14.0. The Morgan fingerprint density at radius 1 is 0.569 bits per heavy atom. The highest BCUT2D eigenvalue weighted by atomic mass is 16.4. The number of nitrogens with one attached hydrogen (secondary N) is 8. The summed E-state index contributed by atoms with van der Waals surface area (Å²) in [6.45, 7) is 8.02. The van der Waals surface area contributed by atoms with E-state index in [0.29, 0.717) is 12.8 Å². The van der Waals surface area contributed by atoms with Crippen LogP contribution in [0.15, 0.2) is 4.99 Å². The van der Waals surface area contributed by atoms with Gasteiger partial charge in [-0.15, -0.1) is 0 Å². The summed E-state index contributed by atoms with van der Waals surface area (Å²) >= 11 is 0. The van der Waals surface area contributed by atoms with Crippen LogP contribution in [0.5, 0.6) is 0 Å². The number of aliphatic carboxylic acids is 2. The van der Waals surface area contributed by atoms with E-state index in [1.807, 2.05) is 0 Å². The number of hydrogen-bond acceptors (Lipinski definition) is 13. The molecule has 1 heterocycles. The van der Waals surface area contributed by atoms with E-state index in [1.165, 1.54) is 6.92 Å². The van der Waals surface area contributed by atoms with Gasteiger partial charge >= 0.3 is 11.9 Å². The second kappa shape index (κ2) is 28.2. The second-order valence-electron chi connectivity index (χ2n) is 16.2. The van der Waals surface area contributed by atoms with E-state index in [0.717, 1.165) is 0 Å². The Labute approximate surface area is 376 Å². The lowest BCUT2D eigenvalue weighted by Crippen LogP contribution is -2.62. The van der Waals surface area contributed by atoms with Gasteiger partial charge in [-0.3, -0.25) is 57.7 Å². The molecule has 0 aliphatic carbocycles. The van der Waals surface area contributed by atoms with Crippen LogP contribution in [0.3, 0.4) is 0 Å². The van der Waals surface area contributed by atoms with Gasteiger partial charge < -0.3 is 75.7 Å². The number of carbonyl (C=O) groups is 11. The summed E-state index contributed by atoms with van der Waals surface area (Å²) in [4.78, 5) is 150. The highest BCUT2D eigenvalue weighted by Crippen LogP contribution is 2.13. The Hall–Kier alpha value is -6.60. The van der Waals surface area contributed by atoms with Gasteiger partial charge in [0.1, 0.15) is 48.3 Å². The molecule has 26 nitrogen and oxygen atoms in total. The van der Waals surface area contributed by atoms with Crippen molar-refractivity contribution in [2.24, 2.45) is 39.8 Å². The molecule has 1 fully saturated rings. The molecule has 18 N–H and O–H groups in total. The minimum Gasteiger partial charge on any atom is -0.481 e. The van der Waals surface area contributed by atoms with Crippen LogP contribution in [0.25, 0.3) is 0 Å². The summed E-state index contributed by atoms with van der Waals surface area (Å²) in [6, 6.07) is -12.9. The molecular formula is C39H67N13O13.